The van der Waals surface area contributed by atoms with Gasteiger partial charge in [0.1, 0.15) is 0 Å². The van der Waals surface area contributed by atoms with Gasteiger partial charge in [0.2, 0.25) is 0 Å². The molecule has 0 aromatic heterocycles. The van der Waals surface area contributed by atoms with Gasteiger partial charge in [0, 0.05) is 0 Å². The molecule has 0 saturated carbocycles. The van der Waals surface area contributed by atoms with Crippen LogP contribution in [0.25, 0.3) is 10.8 Å². The molecule has 0 nitrogen and oxygen atoms in total. The maximum atomic E-state index is 7.08. The molecule has 0 aliphatic carbocycles. The van der Waals surface area contributed by atoms with Crippen LogP contribution < -0.4 is 43.7 Å². The second-order valence-electron chi connectivity index (χ2n) is 2.65. The first-order valence-corrected chi connectivity index (χ1v) is 3.82. The van der Waals surface area contributed by atoms with Gasteiger partial charge in [-0.3, -0.25) is 5.92 Å². The van der Waals surface area contributed by atoms with Crippen LogP contribution in [-0.2, 0) is 0 Å². The molecule has 0 atom stereocenters. The number of fused-ring (bicyclic) bond motifs is 1. The molecule has 0 aliphatic rings. The zero-order valence-electron chi connectivity index (χ0n) is 9.00. The summed E-state index contributed by atoms with van der Waals surface area (Å²) in [4.78, 5) is 0. The third-order valence-corrected chi connectivity index (χ3v) is 1.92. The maximum Gasteiger partial charge on any atom is 2.00 e. The second kappa shape index (κ2) is 10.4. The van der Waals surface area contributed by atoms with E-state index in [1.807, 2.05) is 42.5 Å². The van der Waals surface area contributed by atoms with E-state index in [-0.39, 0.29) is 66.7 Å². The molecule has 0 bridgehead atoms. The third-order valence-electron chi connectivity index (χ3n) is 1.92. The summed E-state index contributed by atoms with van der Waals surface area (Å²) in [6.45, 7) is 0. The van der Waals surface area contributed by atoms with E-state index in [1.54, 1.807) is 0 Å². The van der Waals surface area contributed by atoms with Crippen LogP contribution in [0.15, 0.2) is 42.5 Å². The van der Waals surface area contributed by atoms with Crippen molar-refractivity contribution in [1.82, 2.24) is 0 Å². The normalized spacial score (nSPS) is 7.19. The number of hydrogen-bond donors (Lipinski definition) is 0. The molecule has 0 saturated heterocycles. The summed E-state index contributed by atoms with van der Waals surface area (Å²) in [7, 11) is 0. The first-order valence-electron chi connectivity index (χ1n) is 3.82. The van der Waals surface area contributed by atoms with Crippen molar-refractivity contribution in [3.05, 3.63) is 54.5 Å². The molecule has 0 N–H and O–H groups in total. The van der Waals surface area contributed by atoms with Gasteiger partial charge in [0.15, 0.2) is 0 Å². The summed E-state index contributed by atoms with van der Waals surface area (Å²) in [5.41, 5.74) is 0.855. The van der Waals surface area contributed by atoms with Crippen molar-refractivity contribution in [3.63, 3.8) is 0 Å². The van der Waals surface area contributed by atoms with Crippen LogP contribution in [0.5, 0.6) is 0 Å². The van der Waals surface area contributed by atoms with E-state index >= 15 is 0 Å². The molecule has 0 fully saturated rings. The minimum Gasteiger partial charge on any atom is -1.00 e. The number of halogens is 2. The van der Waals surface area contributed by atoms with Gasteiger partial charge in [-0.25, -0.2) is 0 Å². The zero-order chi connectivity index (χ0) is 8.39. The molecule has 0 aliphatic heterocycles. The number of benzene rings is 2. The Labute approximate surface area is 137 Å². The Kier molecular flexibility index (Phi) is 13.9. The van der Waals surface area contributed by atoms with Gasteiger partial charge in [-0.1, -0.05) is 41.8 Å². The van der Waals surface area contributed by atoms with Gasteiger partial charge in [0.25, 0.3) is 0 Å². The molecule has 2 aromatic rings. The molecule has 16 heavy (non-hydrogen) atoms. The molecule has 72 valence electrons. The quantitative estimate of drug-likeness (QED) is 0.249. The Hall–Kier alpha value is 0.204. The van der Waals surface area contributed by atoms with Gasteiger partial charge in [-0.2, -0.15) is 0 Å². The topological polar surface area (TPSA) is 0 Å². The Balaban J connectivity index is -0.000000422. The first kappa shape index (κ1) is 21.5. The molecule has 0 heterocycles. The van der Waals surface area contributed by atoms with Gasteiger partial charge >= 0.3 is 41.9 Å². The van der Waals surface area contributed by atoms with Crippen LogP contribution >= 0.6 is 0 Å². The van der Waals surface area contributed by atoms with Crippen molar-refractivity contribution in [2.24, 2.45) is 0 Å². The maximum absolute atomic E-state index is 7.08. The van der Waals surface area contributed by atoms with Crippen LogP contribution in [0, 0.1) is 12.3 Å². The van der Waals surface area contributed by atoms with E-state index < -0.39 is 0 Å². The third kappa shape index (κ3) is 4.60. The average Bonchev–Trinajstić information content (AvgIpc) is 2.17. The fourth-order valence-electron chi connectivity index (χ4n) is 1.33. The summed E-state index contributed by atoms with van der Waals surface area (Å²) >= 11 is 0. The second-order valence-corrected chi connectivity index (χ2v) is 2.65. The molecule has 0 spiro atoms. The summed E-state index contributed by atoms with van der Waals surface area (Å²) < 4.78 is 0. The Morgan fingerprint density at radius 3 is 2.06 bits per heavy atom. The van der Waals surface area contributed by atoms with E-state index in [0.717, 1.165) is 16.3 Å². The molecule has 2 rings (SSSR count). The molecule has 4 heteroatoms. The molecule has 0 amide bonds. The Bertz CT molecular complexity index is 461. The van der Waals surface area contributed by atoms with Crippen LogP contribution in [0.2, 0.25) is 0 Å². The minimum atomic E-state index is 0. The summed E-state index contributed by atoms with van der Waals surface area (Å²) in [5.74, 6) is 2.42. The molecule has 0 radical (unpaired) electrons. The van der Waals surface area contributed by atoms with Gasteiger partial charge < -0.3 is 31.2 Å². The smallest absolute Gasteiger partial charge is 1.00 e. The van der Waals surface area contributed by atoms with E-state index in [2.05, 4.69) is 5.92 Å². The van der Waals surface area contributed by atoms with Gasteiger partial charge in [-0.15, -0.1) is 11.6 Å². The fraction of sp³-hybridized carbons (Fsp3) is 0. The van der Waals surface area contributed by atoms with Crippen molar-refractivity contribution in [2.75, 3.05) is 0 Å². The SMILES string of the molecule is [C-]#Cc1cccc2ccccc12.[Cl-].[Cl-].[Li+].[Mg+2]. The summed E-state index contributed by atoms with van der Waals surface area (Å²) in [6, 6.07) is 13.9. The predicted octanol–water partition coefficient (Wildman–Crippen LogP) is -6.59. The van der Waals surface area contributed by atoms with E-state index in [4.69, 9.17) is 6.42 Å². The van der Waals surface area contributed by atoms with E-state index in [0.29, 0.717) is 0 Å². The largest absolute Gasteiger partial charge is 2.00 e. The van der Waals surface area contributed by atoms with E-state index in [9.17, 15) is 0 Å². The van der Waals surface area contributed by atoms with Crippen molar-refractivity contribution >= 4 is 33.8 Å². The Morgan fingerprint density at radius 1 is 0.875 bits per heavy atom. The molecule has 0 unspecified atom stereocenters. The standard InChI is InChI=1S/C12H7.2ClH.Li.Mg/c1-2-10-7-5-8-11-6-3-4-9-12(10)11;;;;/h3-9H;2*1H;;/q-1;;;+1;+2/p-2. The number of hydrogen-bond acceptors (Lipinski definition) is 0. The van der Waals surface area contributed by atoms with Crippen molar-refractivity contribution in [2.45, 2.75) is 0 Å². The van der Waals surface area contributed by atoms with Crippen molar-refractivity contribution in [1.29, 1.82) is 0 Å². The molecular weight excluding hydrogens is 246 g/mol. The van der Waals surface area contributed by atoms with Crippen molar-refractivity contribution < 1.29 is 43.7 Å². The predicted molar refractivity (Wildman–Crippen MR) is 55.9 cm³/mol. The summed E-state index contributed by atoms with van der Waals surface area (Å²) in [5, 5.41) is 2.25. The van der Waals surface area contributed by atoms with Crippen LogP contribution in [0.3, 0.4) is 0 Å². The van der Waals surface area contributed by atoms with Gasteiger partial charge in [0.05, 0.1) is 0 Å². The fourth-order valence-corrected chi connectivity index (χ4v) is 1.33. The summed E-state index contributed by atoms with van der Waals surface area (Å²) in [6.07, 6.45) is 7.08. The van der Waals surface area contributed by atoms with Crippen LogP contribution in [-0.4, -0.2) is 23.1 Å². The molecule has 2 aromatic carbocycles. The first-order chi connectivity index (χ1) is 5.92. The molecular formula is C12H7Cl2LiMg. The Morgan fingerprint density at radius 2 is 1.44 bits per heavy atom. The minimum absolute atomic E-state index is 0. The van der Waals surface area contributed by atoms with Gasteiger partial charge in [-0.05, 0) is 5.39 Å². The van der Waals surface area contributed by atoms with Crippen molar-refractivity contribution in [3.8, 4) is 5.92 Å². The number of rotatable bonds is 0. The van der Waals surface area contributed by atoms with Crippen LogP contribution in [0.4, 0.5) is 0 Å². The monoisotopic (exact) mass is 252 g/mol. The van der Waals surface area contributed by atoms with Crippen LogP contribution in [0.1, 0.15) is 5.56 Å². The van der Waals surface area contributed by atoms with E-state index in [1.165, 1.54) is 0 Å². The zero-order valence-corrected chi connectivity index (χ0v) is 11.9. The average molecular weight is 253 g/mol.